The SMILES string of the molecule is CN1/C(=N/S(=O)(=O)c2cccc([N+](=O)[O-])c2)Cc2ccccc21. The summed E-state index contributed by atoms with van der Waals surface area (Å²) in [5.41, 5.74) is 1.61. The molecule has 0 radical (unpaired) electrons. The van der Waals surface area contributed by atoms with Crippen LogP contribution in [0, 0.1) is 10.1 Å². The molecule has 0 bridgehead atoms. The molecule has 3 rings (SSSR count). The smallest absolute Gasteiger partial charge is 0.284 e. The maximum absolute atomic E-state index is 12.4. The van der Waals surface area contributed by atoms with E-state index in [0.717, 1.165) is 17.3 Å². The summed E-state index contributed by atoms with van der Waals surface area (Å²) in [6.07, 6.45) is 0.404. The lowest BCUT2D eigenvalue weighted by molar-refractivity contribution is -0.385. The average Bonchev–Trinajstić information content (AvgIpc) is 2.83. The molecule has 2 aromatic carbocycles. The van der Waals surface area contributed by atoms with Gasteiger partial charge in [0.1, 0.15) is 5.84 Å². The third-order valence-corrected chi connectivity index (χ3v) is 4.94. The van der Waals surface area contributed by atoms with Crippen LogP contribution < -0.4 is 4.90 Å². The molecule has 0 atom stereocenters. The molecule has 1 aliphatic heterocycles. The van der Waals surface area contributed by atoms with Gasteiger partial charge in [-0.2, -0.15) is 8.42 Å². The fourth-order valence-corrected chi connectivity index (χ4v) is 3.55. The first-order valence-electron chi connectivity index (χ1n) is 6.78. The fraction of sp³-hybridized carbons (Fsp3) is 0.133. The molecule has 0 saturated heterocycles. The van der Waals surface area contributed by atoms with Crippen LogP contribution in [0.25, 0.3) is 0 Å². The van der Waals surface area contributed by atoms with Crippen molar-refractivity contribution in [3.05, 3.63) is 64.2 Å². The molecule has 0 saturated carbocycles. The zero-order chi connectivity index (χ0) is 16.6. The predicted molar refractivity (Wildman–Crippen MR) is 86.3 cm³/mol. The van der Waals surface area contributed by atoms with Crippen LogP contribution in [-0.4, -0.2) is 26.2 Å². The maximum atomic E-state index is 12.4. The van der Waals surface area contributed by atoms with Gasteiger partial charge in [-0.3, -0.25) is 10.1 Å². The molecule has 0 aromatic heterocycles. The molecule has 23 heavy (non-hydrogen) atoms. The van der Waals surface area contributed by atoms with E-state index in [1.54, 1.807) is 11.9 Å². The van der Waals surface area contributed by atoms with Crippen LogP contribution in [0.4, 0.5) is 11.4 Å². The van der Waals surface area contributed by atoms with E-state index in [4.69, 9.17) is 0 Å². The summed E-state index contributed by atoms with van der Waals surface area (Å²) < 4.78 is 28.7. The molecule has 1 aliphatic rings. The first-order valence-corrected chi connectivity index (χ1v) is 8.22. The Hall–Kier alpha value is -2.74. The van der Waals surface area contributed by atoms with Crippen LogP contribution in [0.5, 0.6) is 0 Å². The summed E-state index contributed by atoms with van der Waals surface area (Å²) >= 11 is 0. The lowest BCUT2D eigenvalue weighted by Gasteiger charge is -2.13. The van der Waals surface area contributed by atoms with Gasteiger partial charge in [0.15, 0.2) is 0 Å². The Labute approximate surface area is 133 Å². The van der Waals surface area contributed by atoms with Crippen LogP contribution >= 0.6 is 0 Å². The highest BCUT2D eigenvalue weighted by Gasteiger charge is 2.25. The van der Waals surface area contributed by atoms with E-state index in [2.05, 4.69) is 4.40 Å². The summed E-state index contributed by atoms with van der Waals surface area (Å²) in [5, 5.41) is 10.8. The average molecular weight is 331 g/mol. The normalized spacial score (nSPS) is 15.7. The molecule has 7 nitrogen and oxygen atoms in total. The third kappa shape index (κ3) is 2.80. The third-order valence-electron chi connectivity index (χ3n) is 3.64. The minimum absolute atomic E-state index is 0.191. The van der Waals surface area contributed by atoms with Crippen LogP contribution in [-0.2, 0) is 16.4 Å². The number of amidine groups is 1. The Morgan fingerprint density at radius 1 is 1.17 bits per heavy atom. The number of hydrogen-bond donors (Lipinski definition) is 0. The second kappa shape index (κ2) is 5.47. The number of non-ortho nitro benzene ring substituents is 1. The van der Waals surface area contributed by atoms with E-state index in [0.29, 0.717) is 12.3 Å². The number of nitro benzene ring substituents is 1. The van der Waals surface area contributed by atoms with Crippen LogP contribution in [0.1, 0.15) is 5.56 Å². The monoisotopic (exact) mass is 331 g/mol. The number of likely N-dealkylation sites (N-methyl/N-ethyl adjacent to an activating group) is 1. The molecule has 0 unspecified atom stereocenters. The number of benzene rings is 2. The van der Waals surface area contributed by atoms with E-state index in [1.807, 2.05) is 24.3 Å². The van der Waals surface area contributed by atoms with E-state index < -0.39 is 14.9 Å². The van der Waals surface area contributed by atoms with Gasteiger partial charge in [0, 0.05) is 31.3 Å². The Morgan fingerprint density at radius 2 is 1.91 bits per heavy atom. The van der Waals surface area contributed by atoms with Crippen molar-refractivity contribution in [1.82, 2.24) is 0 Å². The highest BCUT2D eigenvalue weighted by molar-refractivity contribution is 7.90. The summed E-state index contributed by atoms with van der Waals surface area (Å²) in [6.45, 7) is 0. The van der Waals surface area contributed by atoms with Crippen molar-refractivity contribution in [2.24, 2.45) is 4.40 Å². The lowest BCUT2D eigenvalue weighted by Crippen LogP contribution is -2.23. The molecule has 0 N–H and O–H groups in total. The molecule has 1 heterocycles. The quantitative estimate of drug-likeness (QED) is 0.636. The lowest BCUT2D eigenvalue weighted by atomic mass is 10.2. The molecule has 0 spiro atoms. The van der Waals surface area contributed by atoms with Gasteiger partial charge in [-0.25, -0.2) is 0 Å². The number of nitro groups is 1. The molecule has 2 aromatic rings. The topological polar surface area (TPSA) is 92.9 Å². The number of para-hydroxylation sites is 1. The van der Waals surface area contributed by atoms with E-state index in [9.17, 15) is 18.5 Å². The van der Waals surface area contributed by atoms with Gasteiger partial charge in [0.25, 0.3) is 15.7 Å². The first-order chi connectivity index (χ1) is 10.9. The van der Waals surface area contributed by atoms with Gasteiger partial charge in [-0.05, 0) is 17.7 Å². The number of sulfonamides is 1. The fourth-order valence-electron chi connectivity index (χ4n) is 2.46. The molecule has 8 heteroatoms. The van der Waals surface area contributed by atoms with Crippen molar-refractivity contribution in [1.29, 1.82) is 0 Å². The van der Waals surface area contributed by atoms with Crippen molar-refractivity contribution in [3.8, 4) is 0 Å². The van der Waals surface area contributed by atoms with Crippen LogP contribution in [0.2, 0.25) is 0 Å². The second-order valence-electron chi connectivity index (χ2n) is 5.10. The Kier molecular flexibility index (Phi) is 3.61. The van der Waals surface area contributed by atoms with Gasteiger partial charge < -0.3 is 4.90 Å². The van der Waals surface area contributed by atoms with E-state index in [1.165, 1.54) is 18.2 Å². The highest BCUT2D eigenvalue weighted by atomic mass is 32.2. The molecule has 0 fully saturated rings. The molecular weight excluding hydrogens is 318 g/mol. The summed E-state index contributed by atoms with van der Waals surface area (Å²) in [6, 6.07) is 12.4. The first kappa shape index (κ1) is 15.2. The van der Waals surface area contributed by atoms with E-state index >= 15 is 0 Å². The van der Waals surface area contributed by atoms with Crippen molar-refractivity contribution in [2.75, 3.05) is 11.9 Å². The van der Waals surface area contributed by atoms with E-state index in [-0.39, 0.29) is 10.6 Å². The number of fused-ring (bicyclic) bond motifs is 1. The Bertz CT molecular complexity index is 922. The number of hydrogen-bond acceptors (Lipinski definition) is 4. The van der Waals surface area contributed by atoms with Crippen LogP contribution in [0.3, 0.4) is 0 Å². The maximum Gasteiger partial charge on any atom is 0.284 e. The molecule has 0 amide bonds. The Morgan fingerprint density at radius 3 is 2.61 bits per heavy atom. The highest BCUT2D eigenvalue weighted by Crippen LogP contribution is 2.29. The molecular formula is C15H13N3O4S. The second-order valence-corrected chi connectivity index (χ2v) is 6.71. The summed E-state index contributed by atoms with van der Waals surface area (Å²) in [4.78, 5) is 11.7. The van der Waals surface area contributed by atoms with Crippen molar-refractivity contribution in [3.63, 3.8) is 0 Å². The molecule has 118 valence electrons. The van der Waals surface area contributed by atoms with Crippen molar-refractivity contribution in [2.45, 2.75) is 11.3 Å². The van der Waals surface area contributed by atoms with Gasteiger partial charge in [0.05, 0.1) is 9.82 Å². The minimum Gasteiger partial charge on any atom is -0.332 e. The van der Waals surface area contributed by atoms with Gasteiger partial charge in [0.2, 0.25) is 0 Å². The standard InChI is InChI=1S/C15H13N3O4S/c1-17-14-8-3-2-5-11(14)9-15(17)16-23(21,22)13-7-4-6-12(10-13)18(19)20/h2-8,10H,9H2,1H3/b16-15+. The number of nitrogens with zero attached hydrogens (tertiary/aromatic N) is 3. The summed E-state index contributed by atoms with van der Waals surface area (Å²) in [5.74, 6) is 0.387. The van der Waals surface area contributed by atoms with Crippen molar-refractivity contribution < 1.29 is 13.3 Å². The molecule has 0 aliphatic carbocycles. The van der Waals surface area contributed by atoms with Gasteiger partial charge in [-0.15, -0.1) is 4.40 Å². The Balaban J connectivity index is 1.99. The largest absolute Gasteiger partial charge is 0.332 e. The predicted octanol–water partition coefficient (Wildman–Crippen LogP) is 2.37. The number of rotatable bonds is 3. The van der Waals surface area contributed by atoms with Gasteiger partial charge >= 0.3 is 0 Å². The zero-order valence-corrected chi connectivity index (χ0v) is 13.0. The minimum atomic E-state index is -4.01. The summed E-state index contributed by atoms with van der Waals surface area (Å²) in [7, 11) is -2.26. The van der Waals surface area contributed by atoms with Crippen molar-refractivity contribution >= 4 is 27.2 Å². The van der Waals surface area contributed by atoms with Gasteiger partial charge in [-0.1, -0.05) is 24.3 Å². The number of anilines is 1. The zero-order valence-electron chi connectivity index (χ0n) is 12.2. The van der Waals surface area contributed by atoms with Crippen LogP contribution in [0.15, 0.2) is 57.8 Å².